The second-order valence-electron chi connectivity index (χ2n) is 9.01. The monoisotopic (exact) mass is 476 g/mol. The molecule has 1 saturated heterocycles. The first kappa shape index (κ1) is 24.2. The molecule has 0 unspecified atom stereocenters. The Morgan fingerprint density at radius 1 is 1.26 bits per heavy atom. The summed E-state index contributed by atoms with van der Waals surface area (Å²) in [6, 6.07) is 6.10. The van der Waals surface area contributed by atoms with Gasteiger partial charge in [-0.1, -0.05) is 24.8 Å². The number of piperidine rings is 1. The van der Waals surface area contributed by atoms with Crippen LogP contribution in [0.2, 0.25) is 0 Å². The largest absolute Gasteiger partial charge is 0.417 e. The van der Waals surface area contributed by atoms with E-state index in [1.165, 1.54) is 0 Å². The van der Waals surface area contributed by atoms with Crippen LogP contribution in [0.3, 0.4) is 0 Å². The van der Waals surface area contributed by atoms with E-state index in [2.05, 4.69) is 22.2 Å². The minimum atomic E-state index is -4.65. The quantitative estimate of drug-likeness (QED) is 0.564. The van der Waals surface area contributed by atoms with Gasteiger partial charge in [-0.15, -0.1) is 0 Å². The molecule has 2 aliphatic rings. The second-order valence-corrected chi connectivity index (χ2v) is 9.01. The summed E-state index contributed by atoms with van der Waals surface area (Å²) in [7, 11) is 1.91. The average molecular weight is 477 g/mol. The summed E-state index contributed by atoms with van der Waals surface area (Å²) < 4.78 is 55.3. The van der Waals surface area contributed by atoms with E-state index in [-0.39, 0.29) is 29.4 Å². The molecule has 1 saturated carbocycles. The van der Waals surface area contributed by atoms with E-state index in [9.17, 15) is 22.4 Å². The van der Waals surface area contributed by atoms with E-state index in [1.807, 2.05) is 11.9 Å². The fourth-order valence-corrected chi connectivity index (χ4v) is 4.12. The van der Waals surface area contributed by atoms with Crippen molar-refractivity contribution in [1.82, 2.24) is 15.2 Å². The van der Waals surface area contributed by atoms with Gasteiger partial charge in [0, 0.05) is 42.0 Å². The molecule has 1 aromatic carbocycles. The van der Waals surface area contributed by atoms with Crippen molar-refractivity contribution in [2.45, 2.75) is 37.7 Å². The zero-order valence-corrected chi connectivity index (χ0v) is 19.0. The number of likely N-dealkylation sites (N-methyl/N-ethyl adjacent to an activating group) is 1. The van der Waals surface area contributed by atoms with Gasteiger partial charge in [0.25, 0.3) is 0 Å². The van der Waals surface area contributed by atoms with Crippen molar-refractivity contribution in [3.63, 3.8) is 0 Å². The smallest absolute Gasteiger partial charge is 0.378 e. The van der Waals surface area contributed by atoms with Crippen molar-refractivity contribution in [2.75, 3.05) is 32.0 Å². The van der Waals surface area contributed by atoms with Gasteiger partial charge in [0.1, 0.15) is 6.17 Å². The van der Waals surface area contributed by atoms with Crippen molar-refractivity contribution in [2.24, 2.45) is 5.92 Å². The molecule has 34 heavy (non-hydrogen) atoms. The van der Waals surface area contributed by atoms with E-state index in [1.54, 1.807) is 36.4 Å². The Hall–Kier alpha value is -2.94. The number of carbonyl (C=O) groups excluding carboxylic acids is 1. The molecule has 0 spiro atoms. The average Bonchev–Trinajstić information content (AvgIpc) is 3.63. The van der Waals surface area contributed by atoms with Gasteiger partial charge >= 0.3 is 6.18 Å². The van der Waals surface area contributed by atoms with Crippen LogP contribution in [0.1, 0.15) is 30.7 Å². The molecule has 2 N–H and O–H groups in total. The first-order valence-electron chi connectivity index (χ1n) is 11.4. The Morgan fingerprint density at radius 2 is 2.03 bits per heavy atom. The molecule has 5 nitrogen and oxygen atoms in total. The van der Waals surface area contributed by atoms with Gasteiger partial charge in [-0.05, 0) is 44.5 Å². The maximum atomic E-state index is 14.6. The van der Waals surface area contributed by atoms with Gasteiger partial charge in [0.15, 0.2) is 0 Å². The van der Waals surface area contributed by atoms with E-state index >= 15 is 0 Å². The number of allylic oxidation sites excluding steroid dienone is 1. The van der Waals surface area contributed by atoms with Crippen LogP contribution < -0.4 is 10.6 Å². The summed E-state index contributed by atoms with van der Waals surface area (Å²) >= 11 is 0. The molecule has 2 heterocycles. The first-order chi connectivity index (χ1) is 16.1. The molecule has 1 aliphatic carbocycles. The molecule has 182 valence electrons. The highest BCUT2D eigenvalue weighted by Gasteiger charge is 2.35. The van der Waals surface area contributed by atoms with Crippen LogP contribution in [-0.2, 0) is 4.79 Å². The van der Waals surface area contributed by atoms with Gasteiger partial charge in [-0.2, -0.15) is 13.2 Å². The number of hydrogen-bond donors (Lipinski definition) is 2. The number of halogens is 4. The fraction of sp³-hybridized carbons (Fsp3) is 0.440. The van der Waals surface area contributed by atoms with E-state index in [4.69, 9.17) is 0 Å². The Bertz CT molecular complexity index is 1110. The zero-order chi connectivity index (χ0) is 24.5. The van der Waals surface area contributed by atoms with Crippen molar-refractivity contribution in [3.05, 3.63) is 48.3 Å². The molecule has 2 fully saturated rings. The maximum Gasteiger partial charge on any atom is 0.417 e. The second kappa shape index (κ2) is 9.74. The number of likely N-dealkylation sites (tertiary alicyclic amines) is 1. The number of nitrogens with zero attached hydrogens (tertiary/aromatic N) is 2. The number of alkyl halides is 4. The summed E-state index contributed by atoms with van der Waals surface area (Å²) in [6.07, 6.45) is -0.334. The lowest BCUT2D eigenvalue weighted by Crippen LogP contribution is -2.47. The molecule has 1 aromatic heterocycles. The summed E-state index contributed by atoms with van der Waals surface area (Å²) in [5.41, 5.74) is -0.489. The van der Waals surface area contributed by atoms with Crippen molar-refractivity contribution in [1.29, 1.82) is 0 Å². The van der Waals surface area contributed by atoms with Gasteiger partial charge in [-0.3, -0.25) is 4.79 Å². The molecular formula is C25H28F4N4O. The first-order valence-corrected chi connectivity index (χ1v) is 11.4. The highest BCUT2D eigenvalue weighted by Crippen LogP contribution is 2.37. The summed E-state index contributed by atoms with van der Waals surface area (Å²) in [5.74, 6) is 0.0488. The summed E-state index contributed by atoms with van der Waals surface area (Å²) in [4.78, 5) is 18.0. The van der Waals surface area contributed by atoms with Gasteiger partial charge in [0.05, 0.1) is 23.0 Å². The number of anilines is 1. The maximum absolute atomic E-state index is 14.6. The van der Waals surface area contributed by atoms with Crippen LogP contribution in [-0.4, -0.2) is 60.9 Å². The number of fused-ring (bicyclic) bond motifs is 1. The van der Waals surface area contributed by atoms with Crippen LogP contribution in [0.15, 0.2) is 36.9 Å². The third kappa shape index (κ3) is 5.58. The minimum absolute atomic E-state index is 0.0213. The molecule has 0 radical (unpaired) electrons. The number of nitrogens with one attached hydrogen (secondary N) is 2. The Morgan fingerprint density at radius 3 is 2.74 bits per heavy atom. The van der Waals surface area contributed by atoms with Crippen LogP contribution in [0.5, 0.6) is 0 Å². The van der Waals surface area contributed by atoms with Crippen LogP contribution in [0.4, 0.5) is 23.2 Å². The third-order valence-corrected chi connectivity index (χ3v) is 6.23. The Kier molecular flexibility index (Phi) is 6.93. The highest BCUT2D eigenvalue weighted by molar-refractivity contribution is 6.00. The molecule has 1 aliphatic heterocycles. The fourth-order valence-electron chi connectivity index (χ4n) is 4.12. The molecule has 2 aromatic rings. The Balaban J connectivity index is 1.68. The molecule has 4 rings (SSSR count). The van der Waals surface area contributed by atoms with Gasteiger partial charge < -0.3 is 15.5 Å². The SMILES string of the molecule is C=C(c1nc(/C=C/CNC(=O)C2CC2)cc2c(N[C@@H]3CN(C)CC[C@@H]3F)cccc12)C(F)(F)F. The normalized spacial score (nSPS) is 21.7. The van der Waals surface area contributed by atoms with E-state index < -0.39 is 24.0 Å². The number of carbonyl (C=O) groups is 1. The lowest BCUT2D eigenvalue weighted by molar-refractivity contribution is -0.122. The molecule has 9 heteroatoms. The number of benzene rings is 1. The Labute approximate surface area is 195 Å². The number of amides is 1. The summed E-state index contributed by atoms with van der Waals surface area (Å²) in [5, 5.41) is 6.76. The lowest BCUT2D eigenvalue weighted by atomic mass is 10.00. The molecule has 2 atom stereocenters. The number of rotatable bonds is 7. The summed E-state index contributed by atoms with van der Waals surface area (Å²) in [6.45, 7) is 4.64. The topological polar surface area (TPSA) is 57.3 Å². The van der Waals surface area contributed by atoms with Crippen LogP contribution in [0, 0.1) is 5.92 Å². The predicted molar refractivity (Wildman–Crippen MR) is 126 cm³/mol. The van der Waals surface area contributed by atoms with Gasteiger partial charge in [-0.25, -0.2) is 9.37 Å². The molecule has 0 bridgehead atoms. The third-order valence-electron chi connectivity index (χ3n) is 6.23. The number of pyridine rings is 1. The van der Waals surface area contributed by atoms with Crippen molar-refractivity contribution in [3.8, 4) is 0 Å². The van der Waals surface area contributed by atoms with E-state index in [0.717, 1.165) is 12.8 Å². The standard InChI is InChI=1S/C25H28F4N4O/c1-15(25(27,28)29)23-18-6-3-7-21(32-22-14-33(2)12-10-20(22)26)19(18)13-17(31-23)5-4-11-30-24(34)16-8-9-16/h3-7,13,16,20,22,32H,1,8-12,14H2,2H3,(H,30,34)/b5-4+/t20-,22+/m0/s1. The molecule has 1 amide bonds. The van der Waals surface area contributed by atoms with Crippen LogP contribution in [0.25, 0.3) is 22.4 Å². The predicted octanol–water partition coefficient (Wildman–Crippen LogP) is 4.80. The highest BCUT2D eigenvalue weighted by atomic mass is 19.4. The van der Waals surface area contributed by atoms with Gasteiger partial charge in [0.2, 0.25) is 5.91 Å². The van der Waals surface area contributed by atoms with E-state index in [0.29, 0.717) is 36.3 Å². The number of hydrogen-bond acceptors (Lipinski definition) is 4. The van der Waals surface area contributed by atoms with Crippen molar-refractivity contribution < 1.29 is 22.4 Å². The number of aromatic nitrogens is 1. The van der Waals surface area contributed by atoms with Crippen molar-refractivity contribution >= 4 is 34.0 Å². The minimum Gasteiger partial charge on any atom is -0.378 e. The lowest BCUT2D eigenvalue weighted by Gasteiger charge is -2.34. The van der Waals surface area contributed by atoms with Crippen LogP contribution >= 0.6 is 0 Å². The molecular weight excluding hydrogens is 448 g/mol. The zero-order valence-electron chi connectivity index (χ0n) is 19.0.